The molecule has 0 heterocycles. The summed E-state index contributed by atoms with van der Waals surface area (Å²) >= 11 is 2.10. The maximum atomic E-state index is 2.34. The van der Waals surface area contributed by atoms with Gasteiger partial charge in [-0.3, -0.25) is 0 Å². The Morgan fingerprint density at radius 1 is 0.522 bits per heavy atom. The lowest BCUT2D eigenvalue weighted by molar-refractivity contribution is 0.502. The molecule has 0 aromatic carbocycles. The van der Waals surface area contributed by atoms with E-state index in [0.29, 0.717) is 0 Å². The van der Waals surface area contributed by atoms with Crippen molar-refractivity contribution in [3.8, 4) is 0 Å². The molecular formula is C22H46S. The smallest absolute Gasteiger partial charge is 0.00676 e. The van der Waals surface area contributed by atoms with Crippen molar-refractivity contribution in [2.75, 3.05) is 11.5 Å². The zero-order chi connectivity index (χ0) is 17.0. The largest absolute Gasteiger partial charge is 0.162 e. The van der Waals surface area contributed by atoms with Gasteiger partial charge >= 0.3 is 0 Å². The monoisotopic (exact) mass is 342 g/mol. The van der Waals surface area contributed by atoms with Gasteiger partial charge < -0.3 is 0 Å². The number of hydrogen-bond donors (Lipinski definition) is 0. The van der Waals surface area contributed by atoms with Crippen LogP contribution >= 0.6 is 11.8 Å². The Morgan fingerprint density at radius 2 is 0.870 bits per heavy atom. The average molecular weight is 343 g/mol. The second-order valence-electron chi connectivity index (χ2n) is 7.68. The zero-order valence-electron chi connectivity index (χ0n) is 16.7. The van der Waals surface area contributed by atoms with E-state index in [1.165, 1.54) is 114 Å². The van der Waals surface area contributed by atoms with Crippen LogP contribution in [-0.2, 0) is 0 Å². The van der Waals surface area contributed by atoms with Gasteiger partial charge in [0.1, 0.15) is 0 Å². The van der Waals surface area contributed by atoms with Gasteiger partial charge in [0.2, 0.25) is 0 Å². The molecule has 0 aromatic heterocycles. The topological polar surface area (TPSA) is 0 Å². The number of unbranched alkanes of at least 4 members (excludes halogenated alkanes) is 14. The molecular weight excluding hydrogens is 296 g/mol. The summed E-state index contributed by atoms with van der Waals surface area (Å²) in [5, 5.41) is 0. The third-order valence-electron chi connectivity index (χ3n) is 4.77. The third-order valence-corrected chi connectivity index (χ3v) is 5.76. The van der Waals surface area contributed by atoms with Crippen LogP contribution in [0.5, 0.6) is 0 Å². The van der Waals surface area contributed by atoms with Crippen LogP contribution in [0.25, 0.3) is 0 Å². The third kappa shape index (κ3) is 22.4. The highest BCUT2D eigenvalue weighted by atomic mass is 32.2. The summed E-state index contributed by atoms with van der Waals surface area (Å²) in [5.41, 5.74) is 0. The van der Waals surface area contributed by atoms with Crippen LogP contribution in [0, 0.1) is 5.92 Å². The molecule has 0 N–H and O–H groups in total. The Hall–Kier alpha value is 0.350. The molecule has 1 heteroatoms. The van der Waals surface area contributed by atoms with Gasteiger partial charge in [-0.05, 0) is 23.8 Å². The van der Waals surface area contributed by atoms with Gasteiger partial charge in [0.25, 0.3) is 0 Å². The Morgan fingerprint density at radius 3 is 1.22 bits per heavy atom. The lowest BCUT2D eigenvalue weighted by atomic mass is 10.0. The standard InChI is InChI=1S/C22H46S/c1-4-23-21-19-17-15-13-11-9-7-5-6-8-10-12-14-16-18-20-22(2)3/h22H,4-21H2,1-3H3. The van der Waals surface area contributed by atoms with Gasteiger partial charge in [0.15, 0.2) is 0 Å². The molecule has 0 amide bonds. The van der Waals surface area contributed by atoms with Crippen molar-refractivity contribution in [2.24, 2.45) is 5.92 Å². The van der Waals surface area contributed by atoms with Crippen molar-refractivity contribution in [3.63, 3.8) is 0 Å². The molecule has 0 aliphatic heterocycles. The van der Waals surface area contributed by atoms with Crippen molar-refractivity contribution in [2.45, 2.75) is 124 Å². The van der Waals surface area contributed by atoms with Crippen molar-refractivity contribution in [3.05, 3.63) is 0 Å². The molecule has 0 aliphatic carbocycles. The zero-order valence-corrected chi connectivity index (χ0v) is 17.5. The van der Waals surface area contributed by atoms with Crippen LogP contribution in [0.4, 0.5) is 0 Å². The SMILES string of the molecule is CCSCCCCCCCCCCCCCCCCCC(C)C. The molecule has 0 unspecified atom stereocenters. The molecule has 0 bridgehead atoms. The van der Waals surface area contributed by atoms with E-state index in [4.69, 9.17) is 0 Å². The van der Waals surface area contributed by atoms with E-state index in [9.17, 15) is 0 Å². The quantitative estimate of drug-likeness (QED) is 0.212. The summed E-state index contributed by atoms with van der Waals surface area (Å²) in [5.74, 6) is 3.57. The first kappa shape index (κ1) is 23.4. The summed E-state index contributed by atoms with van der Waals surface area (Å²) in [6.45, 7) is 6.94. The van der Waals surface area contributed by atoms with Gasteiger partial charge in [-0.1, -0.05) is 117 Å². The van der Waals surface area contributed by atoms with E-state index in [1.807, 2.05) is 0 Å². The molecule has 0 nitrogen and oxygen atoms in total. The Bertz CT molecular complexity index is 200. The van der Waals surface area contributed by atoms with E-state index in [1.54, 1.807) is 0 Å². The molecule has 0 aliphatic rings. The van der Waals surface area contributed by atoms with E-state index >= 15 is 0 Å². The number of rotatable bonds is 19. The van der Waals surface area contributed by atoms with Crippen molar-refractivity contribution >= 4 is 11.8 Å². The number of thioether (sulfide) groups is 1. The van der Waals surface area contributed by atoms with Crippen LogP contribution in [0.1, 0.15) is 124 Å². The van der Waals surface area contributed by atoms with Crippen LogP contribution < -0.4 is 0 Å². The first-order chi connectivity index (χ1) is 11.3. The first-order valence-electron chi connectivity index (χ1n) is 10.8. The summed E-state index contributed by atoms with van der Waals surface area (Å²) in [6, 6.07) is 0. The Labute approximate surface area is 153 Å². The molecule has 0 aromatic rings. The molecule has 0 saturated carbocycles. The molecule has 140 valence electrons. The minimum atomic E-state index is 0.898. The fraction of sp³-hybridized carbons (Fsp3) is 1.00. The van der Waals surface area contributed by atoms with Gasteiger partial charge in [-0.15, -0.1) is 0 Å². The van der Waals surface area contributed by atoms with Crippen LogP contribution in [0.2, 0.25) is 0 Å². The van der Waals surface area contributed by atoms with Gasteiger partial charge in [-0.25, -0.2) is 0 Å². The van der Waals surface area contributed by atoms with Crippen LogP contribution in [0.15, 0.2) is 0 Å². The summed E-state index contributed by atoms with van der Waals surface area (Å²) < 4.78 is 0. The van der Waals surface area contributed by atoms with Crippen molar-refractivity contribution in [1.82, 2.24) is 0 Å². The van der Waals surface area contributed by atoms with E-state index in [0.717, 1.165) is 5.92 Å². The second kappa shape index (κ2) is 20.4. The molecule has 0 spiro atoms. The minimum absolute atomic E-state index is 0.898. The molecule has 23 heavy (non-hydrogen) atoms. The van der Waals surface area contributed by atoms with E-state index in [2.05, 4.69) is 32.5 Å². The van der Waals surface area contributed by atoms with Gasteiger partial charge in [0.05, 0.1) is 0 Å². The lowest BCUT2D eigenvalue weighted by Gasteiger charge is -2.05. The van der Waals surface area contributed by atoms with E-state index < -0.39 is 0 Å². The summed E-state index contributed by atoms with van der Waals surface area (Å²) in [4.78, 5) is 0. The van der Waals surface area contributed by atoms with Crippen molar-refractivity contribution in [1.29, 1.82) is 0 Å². The van der Waals surface area contributed by atoms with Gasteiger partial charge in [0, 0.05) is 0 Å². The lowest BCUT2D eigenvalue weighted by Crippen LogP contribution is -1.87. The molecule has 0 fully saturated rings. The highest BCUT2D eigenvalue weighted by Crippen LogP contribution is 2.15. The maximum Gasteiger partial charge on any atom is -0.00676 e. The molecule has 0 atom stereocenters. The number of hydrogen-bond acceptors (Lipinski definition) is 1. The van der Waals surface area contributed by atoms with Crippen molar-refractivity contribution < 1.29 is 0 Å². The molecule has 0 rings (SSSR count). The van der Waals surface area contributed by atoms with E-state index in [-0.39, 0.29) is 0 Å². The predicted octanol–water partition coefficient (Wildman–Crippen LogP) is 8.64. The molecule has 0 saturated heterocycles. The summed E-state index contributed by atoms with van der Waals surface area (Å²) in [6.07, 6.45) is 23.6. The van der Waals surface area contributed by atoms with Crippen LogP contribution in [0.3, 0.4) is 0 Å². The van der Waals surface area contributed by atoms with Gasteiger partial charge in [-0.2, -0.15) is 11.8 Å². The van der Waals surface area contributed by atoms with Crippen LogP contribution in [-0.4, -0.2) is 11.5 Å². The minimum Gasteiger partial charge on any atom is -0.162 e. The highest BCUT2D eigenvalue weighted by molar-refractivity contribution is 7.99. The second-order valence-corrected chi connectivity index (χ2v) is 9.08. The molecule has 0 radical (unpaired) electrons. The maximum absolute atomic E-state index is 2.34. The predicted molar refractivity (Wildman–Crippen MR) is 112 cm³/mol. The summed E-state index contributed by atoms with van der Waals surface area (Å²) in [7, 11) is 0. The average Bonchev–Trinajstić information content (AvgIpc) is 2.53. The fourth-order valence-corrected chi connectivity index (χ4v) is 3.90. The Kier molecular flexibility index (Phi) is 20.7. The first-order valence-corrected chi connectivity index (χ1v) is 12.0. The normalized spacial score (nSPS) is 11.5. The fourth-order valence-electron chi connectivity index (χ4n) is 3.20. The highest BCUT2D eigenvalue weighted by Gasteiger charge is 1.96. The Balaban J connectivity index is 2.95.